The van der Waals surface area contributed by atoms with Crippen LogP contribution in [0.1, 0.15) is 29.4 Å². The van der Waals surface area contributed by atoms with E-state index >= 15 is 0 Å². The summed E-state index contributed by atoms with van der Waals surface area (Å²) in [5.41, 5.74) is 5.30. The standard InChI is InChI=1S/C15H16N2O4S/c1-15(14(16)19)8-7-11-12(13(15)18)9-5-3-4-6-10(9)17(11)22(2,20)21/h3-6H,7-8H2,1-2H3,(H2,16,19)/t15-/m1/s1. The number of benzene rings is 1. The molecule has 1 aromatic heterocycles. The summed E-state index contributed by atoms with van der Waals surface area (Å²) in [6.07, 6.45) is 1.62. The second kappa shape index (κ2) is 4.42. The molecule has 0 unspecified atom stereocenters. The maximum absolute atomic E-state index is 12.8. The van der Waals surface area contributed by atoms with Gasteiger partial charge in [-0.2, -0.15) is 0 Å². The lowest BCUT2D eigenvalue weighted by Crippen LogP contribution is -2.44. The third-order valence-corrected chi connectivity index (χ3v) is 5.47. The van der Waals surface area contributed by atoms with Crippen LogP contribution in [-0.2, 0) is 21.2 Å². The Bertz CT molecular complexity index is 926. The van der Waals surface area contributed by atoms with Crippen molar-refractivity contribution in [2.75, 3.05) is 6.26 Å². The van der Waals surface area contributed by atoms with E-state index in [0.29, 0.717) is 28.6 Å². The Morgan fingerprint density at radius 1 is 1.32 bits per heavy atom. The number of carbonyl (C=O) groups is 2. The number of fused-ring (bicyclic) bond motifs is 3. The number of hydrogen-bond acceptors (Lipinski definition) is 4. The number of Topliss-reactive ketones (excluding diaryl/α,β-unsaturated/α-hetero) is 1. The van der Waals surface area contributed by atoms with Crippen molar-refractivity contribution in [1.29, 1.82) is 0 Å². The Morgan fingerprint density at radius 3 is 2.55 bits per heavy atom. The molecular weight excluding hydrogens is 304 g/mol. The van der Waals surface area contributed by atoms with Crippen LogP contribution < -0.4 is 5.73 Å². The van der Waals surface area contributed by atoms with Crippen LogP contribution in [0.2, 0.25) is 0 Å². The zero-order valence-corrected chi connectivity index (χ0v) is 13.1. The van der Waals surface area contributed by atoms with Crippen molar-refractivity contribution in [2.45, 2.75) is 19.8 Å². The molecule has 1 heterocycles. The molecule has 7 heteroatoms. The van der Waals surface area contributed by atoms with Crippen LogP contribution in [0.5, 0.6) is 0 Å². The highest BCUT2D eigenvalue weighted by molar-refractivity contribution is 7.89. The van der Waals surface area contributed by atoms with Crippen LogP contribution in [-0.4, -0.2) is 30.3 Å². The summed E-state index contributed by atoms with van der Waals surface area (Å²) in [4.78, 5) is 24.5. The van der Waals surface area contributed by atoms with Gasteiger partial charge in [-0.3, -0.25) is 9.59 Å². The maximum Gasteiger partial charge on any atom is 0.236 e. The van der Waals surface area contributed by atoms with Gasteiger partial charge in [0.25, 0.3) is 0 Å². The first-order chi connectivity index (χ1) is 10.2. The van der Waals surface area contributed by atoms with Crippen molar-refractivity contribution in [2.24, 2.45) is 11.1 Å². The highest BCUT2D eigenvalue weighted by atomic mass is 32.2. The van der Waals surface area contributed by atoms with E-state index in [9.17, 15) is 18.0 Å². The summed E-state index contributed by atoms with van der Waals surface area (Å²) in [6.45, 7) is 1.52. The number of nitrogens with two attached hydrogens (primary N) is 1. The molecule has 1 aromatic carbocycles. The molecule has 0 aliphatic heterocycles. The van der Waals surface area contributed by atoms with Crippen molar-refractivity contribution in [3.8, 4) is 0 Å². The van der Waals surface area contributed by atoms with Crippen molar-refractivity contribution in [1.82, 2.24) is 3.97 Å². The molecule has 1 aliphatic carbocycles. The quantitative estimate of drug-likeness (QED) is 0.837. The summed E-state index contributed by atoms with van der Waals surface area (Å²) in [5, 5.41) is 0.542. The summed E-state index contributed by atoms with van der Waals surface area (Å²) in [7, 11) is -3.56. The van der Waals surface area contributed by atoms with Gasteiger partial charge in [-0.1, -0.05) is 18.2 Å². The fourth-order valence-corrected chi connectivity index (χ4v) is 4.22. The fourth-order valence-electron chi connectivity index (χ4n) is 3.12. The average Bonchev–Trinajstić information content (AvgIpc) is 2.77. The second-order valence-corrected chi connectivity index (χ2v) is 7.72. The summed E-state index contributed by atoms with van der Waals surface area (Å²) in [5.74, 6) is -1.08. The third-order valence-electron chi connectivity index (χ3n) is 4.39. The summed E-state index contributed by atoms with van der Waals surface area (Å²) >= 11 is 0. The average molecular weight is 320 g/mol. The van der Waals surface area contributed by atoms with Gasteiger partial charge in [-0.05, 0) is 25.8 Å². The number of carbonyl (C=O) groups excluding carboxylic acids is 2. The number of nitrogens with zero attached hydrogens (tertiary/aromatic N) is 1. The molecule has 0 radical (unpaired) electrons. The predicted octanol–water partition coefficient (Wildman–Crippen LogP) is 1.07. The van der Waals surface area contributed by atoms with Gasteiger partial charge in [0.2, 0.25) is 15.9 Å². The second-order valence-electron chi connectivity index (χ2n) is 5.89. The minimum absolute atomic E-state index is 0.208. The Balaban J connectivity index is 2.43. The molecule has 0 fully saturated rings. The SMILES string of the molecule is C[C@@]1(C(N)=O)CCc2c(c3ccccc3n2S(C)(=O)=O)C1=O. The molecule has 2 aromatic rings. The van der Waals surface area contributed by atoms with Gasteiger partial charge in [-0.25, -0.2) is 12.4 Å². The molecular formula is C15H16N2O4S. The predicted molar refractivity (Wildman–Crippen MR) is 82.1 cm³/mol. The third kappa shape index (κ3) is 1.81. The fraction of sp³-hybridized carbons (Fsp3) is 0.333. The van der Waals surface area contributed by atoms with E-state index in [1.165, 1.54) is 10.9 Å². The molecule has 1 amide bonds. The number of para-hydroxylation sites is 1. The molecule has 3 rings (SSSR count). The monoisotopic (exact) mass is 320 g/mol. The molecule has 116 valence electrons. The van der Waals surface area contributed by atoms with E-state index in [0.717, 1.165) is 6.26 Å². The van der Waals surface area contributed by atoms with E-state index in [4.69, 9.17) is 5.73 Å². The van der Waals surface area contributed by atoms with Gasteiger partial charge < -0.3 is 5.73 Å². The molecule has 22 heavy (non-hydrogen) atoms. The lowest BCUT2D eigenvalue weighted by Gasteiger charge is -2.29. The van der Waals surface area contributed by atoms with Gasteiger partial charge in [0, 0.05) is 16.6 Å². The number of rotatable bonds is 2. The summed E-state index contributed by atoms with van der Waals surface area (Å²) < 4.78 is 25.5. The Kier molecular flexibility index (Phi) is 2.97. The molecule has 1 atom stereocenters. The van der Waals surface area contributed by atoms with E-state index < -0.39 is 27.1 Å². The normalized spacial score (nSPS) is 21.8. The van der Waals surface area contributed by atoms with E-state index in [2.05, 4.69) is 0 Å². The number of amides is 1. The van der Waals surface area contributed by atoms with Crippen molar-refractivity contribution in [3.05, 3.63) is 35.5 Å². The Morgan fingerprint density at radius 2 is 1.95 bits per heavy atom. The van der Waals surface area contributed by atoms with Gasteiger partial charge >= 0.3 is 0 Å². The molecule has 0 saturated carbocycles. The number of ketones is 1. The molecule has 1 aliphatic rings. The zero-order valence-electron chi connectivity index (χ0n) is 12.3. The van der Waals surface area contributed by atoms with Crippen LogP contribution in [0.25, 0.3) is 10.9 Å². The van der Waals surface area contributed by atoms with Gasteiger partial charge in [0.05, 0.1) is 11.8 Å². The molecule has 0 bridgehead atoms. The van der Waals surface area contributed by atoms with Crippen LogP contribution >= 0.6 is 0 Å². The lowest BCUT2D eigenvalue weighted by atomic mass is 9.72. The molecule has 6 nitrogen and oxygen atoms in total. The van der Waals surface area contributed by atoms with Gasteiger partial charge in [0.1, 0.15) is 5.41 Å². The van der Waals surface area contributed by atoms with Crippen molar-refractivity contribution < 1.29 is 18.0 Å². The smallest absolute Gasteiger partial charge is 0.236 e. The molecule has 0 saturated heterocycles. The van der Waals surface area contributed by atoms with Crippen LogP contribution in [0.3, 0.4) is 0 Å². The van der Waals surface area contributed by atoms with Crippen LogP contribution in [0, 0.1) is 5.41 Å². The van der Waals surface area contributed by atoms with Crippen LogP contribution in [0.4, 0.5) is 0 Å². The lowest BCUT2D eigenvalue weighted by molar-refractivity contribution is -0.124. The largest absolute Gasteiger partial charge is 0.369 e. The minimum atomic E-state index is -3.56. The number of aromatic nitrogens is 1. The van der Waals surface area contributed by atoms with Crippen molar-refractivity contribution in [3.63, 3.8) is 0 Å². The zero-order chi connectivity index (χ0) is 16.3. The first kappa shape index (κ1) is 14.8. The Labute approximate surface area is 128 Å². The molecule has 0 spiro atoms. The maximum atomic E-state index is 12.8. The van der Waals surface area contributed by atoms with Crippen molar-refractivity contribution >= 4 is 32.6 Å². The minimum Gasteiger partial charge on any atom is -0.369 e. The first-order valence-corrected chi connectivity index (χ1v) is 8.70. The van der Waals surface area contributed by atoms with Gasteiger partial charge in [0.15, 0.2) is 5.78 Å². The summed E-state index contributed by atoms with van der Waals surface area (Å²) in [6, 6.07) is 6.80. The number of hydrogen-bond donors (Lipinski definition) is 1. The molecule has 2 N–H and O–H groups in total. The van der Waals surface area contributed by atoms with Gasteiger partial charge in [-0.15, -0.1) is 0 Å². The highest BCUT2D eigenvalue weighted by Crippen LogP contribution is 2.40. The van der Waals surface area contributed by atoms with Crippen LogP contribution in [0.15, 0.2) is 24.3 Å². The van der Waals surface area contributed by atoms with E-state index in [-0.39, 0.29) is 6.42 Å². The first-order valence-electron chi connectivity index (χ1n) is 6.85. The highest BCUT2D eigenvalue weighted by Gasteiger charge is 2.46. The Hall–Kier alpha value is -2.15. The van der Waals surface area contributed by atoms with E-state index in [1.807, 2.05) is 0 Å². The number of primary amides is 1. The van der Waals surface area contributed by atoms with E-state index in [1.54, 1.807) is 24.3 Å². The topological polar surface area (TPSA) is 99.2 Å².